The lowest BCUT2D eigenvalue weighted by atomic mass is 10.0. The zero-order chi connectivity index (χ0) is 12.5. The predicted molar refractivity (Wildman–Crippen MR) is 56.6 cm³/mol. The molecule has 0 radical (unpaired) electrons. The van der Waals surface area contributed by atoms with Crippen LogP contribution in [-0.2, 0) is 19.4 Å². The Morgan fingerprint density at radius 2 is 2.06 bits per heavy atom. The van der Waals surface area contributed by atoms with E-state index in [0.29, 0.717) is 12.4 Å². The lowest BCUT2D eigenvalue weighted by Gasteiger charge is -2.18. The van der Waals surface area contributed by atoms with E-state index in [-0.39, 0.29) is 6.42 Å². The quantitative estimate of drug-likeness (QED) is 0.865. The second-order valence-corrected chi connectivity index (χ2v) is 4.19. The van der Waals surface area contributed by atoms with E-state index in [2.05, 4.69) is 15.3 Å². The number of alkyl halides is 3. The van der Waals surface area contributed by atoms with Crippen LogP contribution in [0.1, 0.15) is 29.2 Å². The number of hydrogen-bond donors (Lipinski definition) is 1. The van der Waals surface area contributed by atoms with Crippen LogP contribution in [0.2, 0.25) is 0 Å². The minimum Gasteiger partial charge on any atom is -0.311 e. The molecule has 6 heteroatoms. The van der Waals surface area contributed by atoms with E-state index in [9.17, 15) is 13.2 Å². The topological polar surface area (TPSA) is 37.8 Å². The third kappa shape index (κ3) is 3.15. The molecule has 1 N–H and O–H groups in total. The Bertz CT molecular complexity index is 415. The number of fused-ring (bicyclic) bond motifs is 1. The summed E-state index contributed by atoms with van der Waals surface area (Å²) in [5.41, 5.74) is 2.74. The van der Waals surface area contributed by atoms with Crippen molar-refractivity contribution in [1.82, 2.24) is 15.3 Å². The lowest BCUT2D eigenvalue weighted by Crippen LogP contribution is -2.26. The number of nitrogens with one attached hydrogen (secondary N) is 1. The molecular formula is C11H14F3N3. The molecule has 0 spiro atoms. The highest BCUT2D eigenvalue weighted by atomic mass is 19.4. The van der Waals surface area contributed by atoms with Crippen LogP contribution in [0.4, 0.5) is 13.2 Å². The Morgan fingerprint density at radius 1 is 1.29 bits per heavy atom. The fourth-order valence-corrected chi connectivity index (χ4v) is 1.98. The first-order valence-electron chi connectivity index (χ1n) is 5.58. The average Bonchev–Trinajstić information content (AvgIpc) is 2.26. The zero-order valence-electron chi connectivity index (χ0n) is 9.56. The van der Waals surface area contributed by atoms with Crippen LogP contribution in [0.3, 0.4) is 0 Å². The van der Waals surface area contributed by atoms with E-state index in [1.807, 2.05) is 6.92 Å². The fourth-order valence-electron chi connectivity index (χ4n) is 1.98. The second-order valence-electron chi connectivity index (χ2n) is 4.19. The molecule has 17 heavy (non-hydrogen) atoms. The molecule has 0 aromatic carbocycles. The van der Waals surface area contributed by atoms with Crippen molar-refractivity contribution in [2.45, 2.75) is 38.9 Å². The molecule has 1 aromatic rings. The van der Waals surface area contributed by atoms with Crippen LogP contribution in [0.25, 0.3) is 0 Å². The molecule has 0 bridgehead atoms. The summed E-state index contributed by atoms with van der Waals surface area (Å²) < 4.78 is 36.3. The minimum atomic E-state index is -4.15. The molecule has 0 saturated carbocycles. The van der Waals surface area contributed by atoms with Crippen molar-refractivity contribution >= 4 is 0 Å². The van der Waals surface area contributed by atoms with Gasteiger partial charge in [0.1, 0.15) is 5.82 Å². The van der Waals surface area contributed by atoms with Crippen molar-refractivity contribution in [3.63, 3.8) is 0 Å². The molecular weight excluding hydrogens is 231 g/mol. The highest BCUT2D eigenvalue weighted by Gasteiger charge is 2.27. The van der Waals surface area contributed by atoms with Gasteiger partial charge < -0.3 is 5.32 Å². The molecule has 0 unspecified atom stereocenters. The van der Waals surface area contributed by atoms with Gasteiger partial charge in [-0.1, -0.05) is 0 Å². The number of rotatable bonds is 2. The SMILES string of the molecule is Cc1nc(CCC(F)(F)F)nc2c1CCNC2. The Labute approximate surface area is 97.5 Å². The predicted octanol–water partition coefficient (Wildman–Crippen LogP) is 1.93. The van der Waals surface area contributed by atoms with Gasteiger partial charge in [-0.05, 0) is 25.5 Å². The summed E-state index contributed by atoms with van der Waals surface area (Å²) in [7, 11) is 0. The van der Waals surface area contributed by atoms with E-state index in [4.69, 9.17) is 0 Å². The van der Waals surface area contributed by atoms with Crippen molar-refractivity contribution < 1.29 is 13.2 Å². The Morgan fingerprint density at radius 3 is 2.76 bits per heavy atom. The smallest absolute Gasteiger partial charge is 0.311 e. The maximum absolute atomic E-state index is 12.1. The maximum Gasteiger partial charge on any atom is 0.389 e. The highest BCUT2D eigenvalue weighted by molar-refractivity contribution is 5.27. The molecule has 2 rings (SSSR count). The first-order valence-corrected chi connectivity index (χ1v) is 5.58. The van der Waals surface area contributed by atoms with Gasteiger partial charge in [0.2, 0.25) is 0 Å². The molecule has 1 aliphatic heterocycles. The van der Waals surface area contributed by atoms with Gasteiger partial charge in [-0.3, -0.25) is 0 Å². The first-order chi connectivity index (χ1) is 7.96. The van der Waals surface area contributed by atoms with Crippen LogP contribution < -0.4 is 5.32 Å². The maximum atomic E-state index is 12.1. The van der Waals surface area contributed by atoms with Gasteiger partial charge in [0.05, 0.1) is 12.1 Å². The van der Waals surface area contributed by atoms with Crippen LogP contribution in [0, 0.1) is 6.92 Å². The molecule has 2 heterocycles. The molecule has 0 aliphatic carbocycles. The molecule has 94 valence electrons. The number of halogens is 3. The number of nitrogens with zero attached hydrogens (tertiary/aromatic N) is 2. The average molecular weight is 245 g/mol. The molecule has 1 aliphatic rings. The molecule has 1 aromatic heterocycles. The number of aromatic nitrogens is 2. The van der Waals surface area contributed by atoms with E-state index < -0.39 is 12.6 Å². The summed E-state index contributed by atoms with van der Waals surface area (Å²) in [6.07, 6.45) is -4.30. The molecule has 0 atom stereocenters. The van der Waals surface area contributed by atoms with Gasteiger partial charge in [0.15, 0.2) is 0 Å². The Hall–Kier alpha value is -1.17. The first kappa shape index (κ1) is 12.3. The summed E-state index contributed by atoms with van der Waals surface area (Å²) >= 11 is 0. The zero-order valence-corrected chi connectivity index (χ0v) is 9.56. The van der Waals surface area contributed by atoms with Gasteiger partial charge in [0.25, 0.3) is 0 Å². The van der Waals surface area contributed by atoms with Gasteiger partial charge >= 0.3 is 6.18 Å². The fraction of sp³-hybridized carbons (Fsp3) is 0.636. The number of aryl methyl sites for hydroxylation is 2. The van der Waals surface area contributed by atoms with E-state index in [0.717, 1.165) is 29.9 Å². The standard InChI is InChI=1S/C11H14F3N3/c1-7-8-3-5-15-6-9(8)17-10(16-7)2-4-11(12,13)14/h15H,2-6H2,1H3. The molecule has 0 amide bonds. The summed E-state index contributed by atoms with van der Waals surface area (Å²) in [5, 5.41) is 3.16. The van der Waals surface area contributed by atoms with E-state index >= 15 is 0 Å². The van der Waals surface area contributed by atoms with E-state index in [1.165, 1.54) is 0 Å². The van der Waals surface area contributed by atoms with E-state index in [1.54, 1.807) is 0 Å². The summed E-state index contributed by atoms with van der Waals surface area (Å²) in [5.74, 6) is 0.294. The largest absolute Gasteiger partial charge is 0.389 e. The van der Waals surface area contributed by atoms with Gasteiger partial charge in [-0.15, -0.1) is 0 Å². The minimum absolute atomic E-state index is 0.141. The molecule has 0 saturated heterocycles. The monoisotopic (exact) mass is 245 g/mol. The van der Waals surface area contributed by atoms with Crippen molar-refractivity contribution in [1.29, 1.82) is 0 Å². The Kier molecular flexibility index (Phi) is 3.33. The van der Waals surface area contributed by atoms with Crippen molar-refractivity contribution in [3.8, 4) is 0 Å². The van der Waals surface area contributed by atoms with Crippen molar-refractivity contribution in [2.24, 2.45) is 0 Å². The highest BCUT2D eigenvalue weighted by Crippen LogP contribution is 2.22. The van der Waals surface area contributed by atoms with Crippen LogP contribution in [0.5, 0.6) is 0 Å². The lowest BCUT2D eigenvalue weighted by molar-refractivity contribution is -0.134. The third-order valence-electron chi connectivity index (χ3n) is 2.82. The van der Waals surface area contributed by atoms with Gasteiger partial charge in [-0.2, -0.15) is 13.2 Å². The normalized spacial score (nSPS) is 15.8. The number of hydrogen-bond acceptors (Lipinski definition) is 3. The molecule has 0 fully saturated rings. The van der Waals surface area contributed by atoms with Gasteiger partial charge in [-0.25, -0.2) is 9.97 Å². The van der Waals surface area contributed by atoms with Crippen LogP contribution in [0.15, 0.2) is 0 Å². The van der Waals surface area contributed by atoms with Crippen molar-refractivity contribution in [3.05, 3.63) is 22.8 Å². The van der Waals surface area contributed by atoms with Crippen molar-refractivity contribution in [2.75, 3.05) is 6.54 Å². The van der Waals surface area contributed by atoms with Crippen LogP contribution in [-0.4, -0.2) is 22.7 Å². The van der Waals surface area contributed by atoms with Crippen LogP contribution >= 0.6 is 0 Å². The second kappa shape index (κ2) is 4.60. The van der Waals surface area contributed by atoms with Gasteiger partial charge in [0, 0.05) is 18.7 Å². The Balaban J connectivity index is 2.16. The summed E-state index contributed by atoms with van der Waals surface area (Å²) in [4.78, 5) is 8.35. The summed E-state index contributed by atoms with van der Waals surface area (Å²) in [6.45, 7) is 3.33. The molecule has 3 nitrogen and oxygen atoms in total. The summed E-state index contributed by atoms with van der Waals surface area (Å²) in [6, 6.07) is 0. The third-order valence-corrected chi connectivity index (χ3v) is 2.82.